The van der Waals surface area contributed by atoms with Gasteiger partial charge in [0.15, 0.2) is 0 Å². The van der Waals surface area contributed by atoms with Gasteiger partial charge in [-0.1, -0.05) is 20.3 Å². The first-order valence-corrected chi connectivity index (χ1v) is 10.5. The van der Waals surface area contributed by atoms with Crippen LogP contribution in [0.2, 0.25) is 0 Å². The third kappa shape index (κ3) is 8.89. The van der Waals surface area contributed by atoms with E-state index in [-0.39, 0.29) is 5.92 Å². The highest BCUT2D eigenvalue weighted by Crippen LogP contribution is 2.09. The van der Waals surface area contributed by atoms with Gasteiger partial charge in [-0.15, -0.1) is 0 Å². The quantitative estimate of drug-likeness (QED) is 0.213. The van der Waals surface area contributed by atoms with E-state index < -0.39 is 54.5 Å². The van der Waals surface area contributed by atoms with Gasteiger partial charge in [-0.05, 0) is 31.3 Å². The average molecular weight is 421 g/mol. The van der Waals surface area contributed by atoms with E-state index in [4.69, 9.17) is 10.8 Å². The van der Waals surface area contributed by atoms with Crippen LogP contribution in [0.25, 0.3) is 0 Å². The molecule has 11 heteroatoms. The molecule has 0 aromatic heterocycles. The van der Waals surface area contributed by atoms with Crippen LogP contribution >= 0.6 is 11.8 Å². The second-order valence-corrected chi connectivity index (χ2v) is 7.56. The van der Waals surface area contributed by atoms with Crippen molar-refractivity contribution in [2.75, 3.05) is 18.6 Å². The molecule has 10 nitrogen and oxygen atoms in total. The maximum absolute atomic E-state index is 12.6. The van der Waals surface area contributed by atoms with E-state index in [1.165, 1.54) is 18.7 Å². The Morgan fingerprint density at radius 1 is 1.04 bits per heavy atom. The molecule has 0 spiro atoms. The number of aliphatic hydroxyl groups is 1. The molecule has 0 aromatic carbocycles. The fraction of sp³-hybridized carbons (Fsp3) is 0.765. The summed E-state index contributed by atoms with van der Waals surface area (Å²) in [6, 6.07) is -4.15. The highest BCUT2D eigenvalue weighted by molar-refractivity contribution is 7.98. The first kappa shape index (κ1) is 26.1. The lowest BCUT2D eigenvalue weighted by Crippen LogP contribution is -2.57. The van der Waals surface area contributed by atoms with Crippen molar-refractivity contribution in [3.63, 3.8) is 0 Å². The van der Waals surface area contributed by atoms with Crippen molar-refractivity contribution in [1.29, 1.82) is 0 Å². The number of rotatable bonds is 13. The number of aliphatic hydroxyl groups excluding tert-OH is 1. The summed E-state index contributed by atoms with van der Waals surface area (Å²) in [6.07, 6.45) is 2.70. The van der Waals surface area contributed by atoms with Gasteiger partial charge in [0, 0.05) is 0 Å². The maximum atomic E-state index is 12.6. The zero-order chi connectivity index (χ0) is 21.9. The first-order chi connectivity index (χ1) is 13.1. The van der Waals surface area contributed by atoms with Crippen molar-refractivity contribution in [2.24, 2.45) is 11.7 Å². The van der Waals surface area contributed by atoms with Crippen LogP contribution in [0, 0.1) is 5.92 Å². The summed E-state index contributed by atoms with van der Waals surface area (Å²) in [7, 11) is 0. The molecule has 0 saturated carbocycles. The summed E-state index contributed by atoms with van der Waals surface area (Å²) in [5, 5.41) is 25.6. The lowest BCUT2D eigenvalue weighted by Gasteiger charge is -2.25. The van der Waals surface area contributed by atoms with Crippen molar-refractivity contribution >= 4 is 35.5 Å². The van der Waals surface area contributed by atoms with E-state index in [0.29, 0.717) is 18.6 Å². The molecule has 0 heterocycles. The number of carbonyl (C=O) groups excluding carboxylic acids is 3. The van der Waals surface area contributed by atoms with Crippen LogP contribution in [0.15, 0.2) is 0 Å². The van der Waals surface area contributed by atoms with Gasteiger partial charge in [-0.25, -0.2) is 4.79 Å². The minimum atomic E-state index is -1.15. The third-order valence-corrected chi connectivity index (χ3v) is 4.95. The Kier molecular flexibility index (Phi) is 12.5. The smallest absolute Gasteiger partial charge is 0.326 e. The molecule has 0 aliphatic rings. The van der Waals surface area contributed by atoms with E-state index in [0.717, 1.165) is 0 Å². The molecule has 0 saturated heterocycles. The predicted octanol–water partition coefficient (Wildman–Crippen LogP) is -1.34. The number of carboxylic acid groups (broad SMARTS) is 1. The molecule has 0 aliphatic carbocycles. The molecular formula is C17H32N4O6S. The Hall–Kier alpha value is -1.85. The fourth-order valence-corrected chi connectivity index (χ4v) is 2.68. The van der Waals surface area contributed by atoms with Gasteiger partial charge in [-0.3, -0.25) is 14.4 Å². The standard InChI is InChI=1S/C17H32N4O6S/c1-5-9(2)13(17(26)27)21-16(25)12(6-7-28-4)20-14(23)10(3)19-15(24)11(18)8-22/h9-13,22H,5-8,18H2,1-4H3,(H,19,24)(H,20,23)(H,21,25)(H,26,27). The molecule has 7 N–H and O–H groups in total. The molecule has 162 valence electrons. The predicted molar refractivity (Wildman–Crippen MR) is 107 cm³/mol. The van der Waals surface area contributed by atoms with E-state index in [9.17, 15) is 24.3 Å². The zero-order valence-electron chi connectivity index (χ0n) is 16.7. The summed E-state index contributed by atoms with van der Waals surface area (Å²) >= 11 is 1.47. The third-order valence-electron chi connectivity index (χ3n) is 4.31. The molecule has 0 aromatic rings. The zero-order valence-corrected chi connectivity index (χ0v) is 17.5. The number of nitrogens with two attached hydrogens (primary N) is 1. The summed E-state index contributed by atoms with van der Waals surface area (Å²) in [6.45, 7) is 4.39. The van der Waals surface area contributed by atoms with Gasteiger partial charge >= 0.3 is 5.97 Å². The Bertz CT molecular complexity index is 548. The maximum Gasteiger partial charge on any atom is 0.326 e. The first-order valence-electron chi connectivity index (χ1n) is 9.08. The fourth-order valence-electron chi connectivity index (χ4n) is 2.21. The van der Waals surface area contributed by atoms with Gasteiger partial charge in [0.2, 0.25) is 17.7 Å². The molecule has 28 heavy (non-hydrogen) atoms. The minimum Gasteiger partial charge on any atom is -0.480 e. The van der Waals surface area contributed by atoms with E-state index in [2.05, 4.69) is 16.0 Å². The Balaban J connectivity index is 5.09. The SMILES string of the molecule is CCC(C)C(NC(=O)C(CCSC)NC(=O)C(C)NC(=O)C(N)CO)C(=O)O. The van der Waals surface area contributed by atoms with E-state index in [1.807, 2.05) is 13.2 Å². The molecule has 0 fully saturated rings. The summed E-state index contributed by atoms with van der Waals surface area (Å²) in [5.41, 5.74) is 5.39. The van der Waals surface area contributed by atoms with Crippen molar-refractivity contribution in [1.82, 2.24) is 16.0 Å². The Morgan fingerprint density at radius 2 is 1.64 bits per heavy atom. The molecule has 5 unspecified atom stereocenters. The number of carbonyl (C=O) groups is 4. The Morgan fingerprint density at radius 3 is 2.11 bits per heavy atom. The second kappa shape index (κ2) is 13.3. The monoisotopic (exact) mass is 420 g/mol. The highest BCUT2D eigenvalue weighted by atomic mass is 32.2. The number of aliphatic carboxylic acids is 1. The van der Waals surface area contributed by atoms with Gasteiger partial charge in [0.25, 0.3) is 0 Å². The molecule has 3 amide bonds. The molecule has 0 aliphatic heterocycles. The van der Waals surface area contributed by atoms with Gasteiger partial charge in [0.1, 0.15) is 24.2 Å². The van der Waals surface area contributed by atoms with Crippen molar-refractivity contribution in [3.05, 3.63) is 0 Å². The van der Waals surface area contributed by atoms with Crippen LogP contribution in [0.4, 0.5) is 0 Å². The molecule has 0 bridgehead atoms. The number of thioether (sulfide) groups is 1. The number of hydrogen-bond donors (Lipinski definition) is 6. The highest BCUT2D eigenvalue weighted by Gasteiger charge is 2.30. The number of nitrogens with one attached hydrogen (secondary N) is 3. The molecule has 5 atom stereocenters. The van der Waals surface area contributed by atoms with Gasteiger partial charge in [-0.2, -0.15) is 11.8 Å². The summed E-state index contributed by atoms with van der Waals surface area (Å²) in [4.78, 5) is 48.0. The van der Waals surface area contributed by atoms with Crippen LogP contribution in [-0.2, 0) is 19.2 Å². The molecular weight excluding hydrogens is 388 g/mol. The minimum absolute atomic E-state index is 0.281. The van der Waals surface area contributed by atoms with Crippen molar-refractivity contribution < 1.29 is 29.4 Å². The van der Waals surface area contributed by atoms with Crippen LogP contribution < -0.4 is 21.7 Å². The van der Waals surface area contributed by atoms with Crippen LogP contribution in [-0.4, -0.2) is 76.7 Å². The van der Waals surface area contributed by atoms with Crippen LogP contribution in [0.5, 0.6) is 0 Å². The number of hydrogen-bond acceptors (Lipinski definition) is 7. The molecule has 0 radical (unpaired) electrons. The second-order valence-electron chi connectivity index (χ2n) is 6.57. The lowest BCUT2D eigenvalue weighted by atomic mass is 9.98. The van der Waals surface area contributed by atoms with Crippen LogP contribution in [0.1, 0.15) is 33.6 Å². The molecule has 0 rings (SSSR count). The average Bonchev–Trinajstić information content (AvgIpc) is 2.66. The van der Waals surface area contributed by atoms with Gasteiger partial charge < -0.3 is 31.9 Å². The normalized spacial score (nSPS) is 16.2. The largest absolute Gasteiger partial charge is 0.480 e. The number of carboxylic acids is 1. The Labute approximate surface area is 169 Å². The summed E-state index contributed by atoms with van der Waals surface area (Å²) < 4.78 is 0. The topological polar surface area (TPSA) is 171 Å². The van der Waals surface area contributed by atoms with E-state index in [1.54, 1.807) is 6.92 Å². The van der Waals surface area contributed by atoms with Crippen molar-refractivity contribution in [2.45, 2.75) is 57.8 Å². The number of amides is 3. The summed E-state index contributed by atoms with van der Waals surface area (Å²) in [5.74, 6) is -2.77. The van der Waals surface area contributed by atoms with Crippen LogP contribution in [0.3, 0.4) is 0 Å². The van der Waals surface area contributed by atoms with Gasteiger partial charge in [0.05, 0.1) is 6.61 Å². The van der Waals surface area contributed by atoms with E-state index >= 15 is 0 Å². The van der Waals surface area contributed by atoms with Crippen molar-refractivity contribution in [3.8, 4) is 0 Å². The lowest BCUT2D eigenvalue weighted by molar-refractivity contribution is -0.143.